The molecule has 2 aromatic rings. The summed E-state index contributed by atoms with van der Waals surface area (Å²) in [4.78, 5) is 2.11. The fraction of sp³-hybridized carbons (Fsp3) is 0.333. The van der Waals surface area contributed by atoms with Crippen LogP contribution in [0, 0.1) is 5.82 Å². The molecule has 0 radical (unpaired) electrons. The Morgan fingerprint density at radius 2 is 1.67 bits per heavy atom. The molecule has 0 aliphatic heterocycles. The molecular weight excluding hydrogens is 265 g/mol. The molecule has 2 rings (SSSR count). The molecule has 1 atom stereocenters. The van der Waals surface area contributed by atoms with Gasteiger partial charge in [0, 0.05) is 23.8 Å². The summed E-state index contributed by atoms with van der Waals surface area (Å²) >= 11 is 0. The number of aliphatic hydroxyl groups excluding tert-OH is 1. The zero-order chi connectivity index (χ0) is 15.4. The summed E-state index contributed by atoms with van der Waals surface area (Å²) in [5, 5.41) is 9.92. The summed E-state index contributed by atoms with van der Waals surface area (Å²) in [6, 6.07) is 15.2. The van der Waals surface area contributed by atoms with Crippen LogP contribution >= 0.6 is 0 Å². The number of anilines is 1. The molecule has 0 bridgehead atoms. The van der Waals surface area contributed by atoms with E-state index in [2.05, 4.69) is 30.9 Å². The van der Waals surface area contributed by atoms with Gasteiger partial charge in [0.25, 0.3) is 0 Å². The molecule has 2 nitrogen and oxygen atoms in total. The van der Waals surface area contributed by atoms with Gasteiger partial charge in [-0.1, -0.05) is 36.4 Å². The lowest BCUT2D eigenvalue weighted by atomic mass is 10.0. The predicted molar refractivity (Wildman–Crippen MR) is 84.8 cm³/mol. The van der Waals surface area contributed by atoms with Crippen molar-refractivity contribution < 1.29 is 9.50 Å². The van der Waals surface area contributed by atoms with Crippen molar-refractivity contribution in [1.29, 1.82) is 0 Å². The Kier molecular flexibility index (Phi) is 4.97. The molecule has 0 saturated carbocycles. The van der Waals surface area contributed by atoms with Crippen molar-refractivity contribution in [3.63, 3.8) is 0 Å². The largest absolute Gasteiger partial charge is 0.389 e. The van der Waals surface area contributed by atoms with Gasteiger partial charge in [-0.2, -0.15) is 0 Å². The van der Waals surface area contributed by atoms with Crippen LogP contribution in [0.4, 0.5) is 10.1 Å². The predicted octanol–water partition coefficient (Wildman–Crippen LogP) is 4.29. The molecule has 0 amide bonds. The Morgan fingerprint density at radius 3 is 2.24 bits per heavy atom. The number of rotatable bonds is 5. The van der Waals surface area contributed by atoms with Crippen LogP contribution in [0.2, 0.25) is 0 Å². The molecule has 0 heterocycles. The molecule has 0 aliphatic rings. The van der Waals surface area contributed by atoms with E-state index < -0.39 is 6.10 Å². The van der Waals surface area contributed by atoms with E-state index in [1.807, 2.05) is 24.3 Å². The zero-order valence-electron chi connectivity index (χ0n) is 12.8. The fourth-order valence-corrected chi connectivity index (χ4v) is 2.52. The second kappa shape index (κ2) is 6.72. The number of hydrogen-bond acceptors (Lipinski definition) is 2. The molecular formula is C18H22FNO. The first-order valence-electron chi connectivity index (χ1n) is 7.27. The van der Waals surface area contributed by atoms with E-state index in [1.165, 1.54) is 6.07 Å². The van der Waals surface area contributed by atoms with Gasteiger partial charge in [-0.25, -0.2) is 4.39 Å². The van der Waals surface area contributed by atoms with Crippen molar-refractivity contribution in [2.75, 3.05) is 4.90 Å². The zero-order valence-corrected chi connectivity index (χ0v) is 12.8. The smallest absolute Gasteiger partial charge is 0.131 e. The molecule has 0 spiro atoms. The topological polar surface area (TPSA) is 23.5 Å². The van der Waals surface area contributed by atoms with Gasteiger partial charge >= 0.3 is 0 Å². The van der Waals surface area contributed by atoms with Crippen LogP contribution in [0.15, 0.2) is 48.5 Å². The number of hydrogen-bond donors (Lipinski definition) is 1. The molecule has 0 aliphatic carbocycles. The van der Waals surface area contributed by atoms with Crippen LogP contribution in [0.3, 0.4) is 0 Å². The third-order valence-electron chi connectivity index (χ3n) is 3.58. The van der Waals surface area contributed by atoms with Gasteiger partial charge in [0.2, 0.25) is 0 Å². The maximum atomic E-state index is 14.1. The maximum absolute atomic E-state index is 14.1. The second-order valence-corrected chi connectivity index (χ2v) is 5.56. The molecule has 1 N–H and O–H groups in total. The minimum absolute atomic E-state index is 0.199. The fourth-order valence-electron chi connectivity index (χ4n) is 2.52. The van der Waals surface area contributed by atoms with E-state index in [4.69, 9.17) is 0 Å². The average Bonchev–Trinajstić information content (AvgIpc) is 2.45. The van der Waals surface area contributed by atoms with Crippen molar-refractivity contribution in [2.45, 2.75) is 39.5 Å². The van der Waals surface area contributed by atoms with Crippen molar-refractivity contribution in [2.24, 2.45) is 0 Å². The molecule has 0 fully saturated rings. The van der Waals surface area contributed by atoms with Crippen molar-refractivity contribution in [3.8, 4) is 0 Å². The Balaban J connectivity index is 2.42. The highest BCUT2D eigenvalue weighted by Gasteiger charge is 2.20. The first-order chi connectivity index (χ1) is 10.0. The van der Waals surface area contributed by atoms with Crippen LogP contribution in [0.25, 0.3) is 0 Å². The highest BCUT2D eigenvalue weighted by Crippen LogP contribution is 2.31. The van der Waals surface area contributed by atoms with Gasteiger partial charge in [0.05, 0.1) is 6.10 Å². The number of aliphatic hydroxyl groups is 1. The van der Waals surface area contributed by atoms with Gasteiger partial charge in [0.15, 0.2) is 0 Å². The summed E-state index contributed by atoms with van der Waals surface area (Å²) in [6.07, 6.45) is -0.835. The number of halogens is 1. The highest BCUT2D eigenvalue weighted by atomic mass is 19.1. The van der Waals surface area contributed by atoms with Crippen LogP contribution in [0.5, 0.6) is 0 Å². The van der Waals surface area contributed by atoms with Crippen LogP contribution in [0.1, 0.15) is 38.0 Å². The van der Waals surface area contributed by atoms with E-state index >= 15 is 0 Å². The van der Waals surface area contributed by atoms with Crippen molar-refractivity contribution in [1.82, 2.24) is 0 Å². The summed E-state index contributed by atoms with van der Waals surface area (Å²) in [5.74, 6) is -0.360. The summed E-state index contributed by atoms with van der Waals surface area (Å²) in [7, 11) is 0. The first-order valence-corrected chi connectivity index (χ1v) is 7.27. The van der Waals surface area contributed by atoms with E-state index in [0.717, 1.165) is 11.3 Å². The van der Waals surface area contributed by atoms with Crippen LogP contribution in [-0.2, 0) is 6.54 Å². The second-order valence-electron chi connectivity index (χ2n) is 5.56. The third-order valence-corrected chi connectivity index (χ3v) is 3.58. The SMILES string of the molecule is CC(C)N(Cc1ccccc1)c1cccc(F)c1[C@@H](C)O. The molecule has 21 heavy (non-hydrogen) atoms. The molecule has 3 heteroatoms. The highest BCUT2D eigenvalue weighted by molar-refractivity contribution is 5.56. The Hall–Kier alpha value is -1.87. The summed E-state index contributed by atoms with van der Waals surface area (Å²) in [6.45, 7) is 6.42. The lowest BCUT2D eigenvalue weighted by Crippen LogP contribution is -2.31. The Bertz CT molecular complexity index is 581. The molecule has 0 unspecified atom stereocenters. The van der Waals surface area contributed by atoms with Gasteiger partial charge in [-0.3, -0.25) is 0 Å². The van der Waals surface area contributed by atoms with Crippen LogP contribution < -0.4 is 4.90 Å². The van der Waals surface area contributed by atoms with E-state index in [1.54, 1.807) is 13.0 Å². The lowest BCUT2D eigenvalue weighted by Gasteiger charge is -2.32. The van der Waals surface area contributed by atoms with E-state index in [0.29, 0.717) is 12.1 Å². The lowest BCUT2D eigenvalue weighted by molar-refractivity contribution is 0.194. The first kappa shape index (κ1) is 15.5. The minimum atomic E-state index is -0.835. The number of benzene rings is 2. The Labute approximate surface area is 125 Å². The minimum Gasteiger partial charge on any atom is -0.389 e. The molecule has 0 aromatic heterocycles. The molecule has 0 saturated heterocycles. The van der Waals surface area contributed by atoms with Gasteiger partial charge in [-0.05, 0) is 38.5 Å². The van der Waals surface area contributed by atoms with Crippen LogP contribution in [-0.4, -0.2) is 11.1 Å². The van der Waals surface area contributed by atoms with E-state index in [9.17, 15) is 9.50 Å². The Morgan fingerprint density at radius 1 is 1.00 bits per heavy atom. The standard InChI is InChI=1S/C18H22FNO/c1-13(2)20(12-15-8-5-4-6-9-15)17-11-7-10-16(19)18(17)14(3)21/h4-11,13-14,21H,12H2,1-3H3/t14-/m1/s1. The average molecular weight is 287 g/mol. The normalized spacial score (nSPS) is 12.5. The maximum Gasteiger partial charge on any atom is 0.131 e. The monoisotopic (exact) mass is 287 g/mol. The van der Waals surface area contributed by atoms with Crippen molar-refractivity contribution in [3.05, 3.63) is 65.5 Å². The van der Waals surface area contributed by atoms with Gasteiger partial charge in [-0.15, -0.1) is 0 Å². The quantitative estimate of drug-likeness (QED) is 0.886. The van der Waals surface area contributed by atoms with Gasteiger partial charge in [0.1, 0.15) is 5.82 Å². The molecule has 2 aromatic carbocycles. The summed E-state index contributed by atoms with van der Waals surface area (Å²) < 4.78 is 14.1. The van der Waals surface area contributed by atoms with Gasteiger partial charge < -0.3 is 10.0 Å². The molecule has 112 valence electrons. The summed E-state index contributed by atoms with van der Waals surface area (Å²) in [5.41, 5.74) is 2.28. The van der Waals surface area contributed by atoms with Crippen molar-refractivity contribution >= 4 is 5.69 Å². The number of nitrogens with zero attached hydrogens (tertiary/aromatic N) is 1. The third kappa shape index (κ3) is 3.61. The van der Waals surface area contributed by atoms with E-state index in [-0.39, 0.29) is 11.9 Å².